The van der Waals surface area contributed by atoms with E-state index in [2.05, 4.69) is 35.2 Å². The van der Waals surface area contributed by atoms with Gasteiger partial charge in [-0.15, -0.1) is 0 Å². The SMILES string of the molecule is Clc1nc(Cl)nc(Nc2ccc(N(c3ccccc3)c3nc(Cl)nc(Cl)n3)cc2)n1. The molecular weight excluding hydrogens is 470 g/mol. The first kappa shape index (κ1) is 20.5. The van der Waals surface area contributed by atoms with Crippen LogP contribution in [0.5, 0.6) is 0 Å². The fourth-order valence-electron chi connectivity index (χ4n) is 2.58. The fourth-order valence-corrected chi connectivity index (χ4v) is 3.30. The molecule has 8 nitrogen and oxygen atoms in total. The summed E-state index contributed by atoms with van der Waals surface area (Å²) in [6, 6.07) is 16.9. The molecule has 30 heavy (non-hydrogen) atoms. The number of nitrogens with one attached hydrogen (secondary N) is 1. The summed E-state index contributed by atoms with van der Waals surface area (Å²) in [5.74, 6) is 0.506. The molecule has 0 saturated carbocycles. The predicted octanol–water partition coefficient (Wildman–Crippen LogP) is 5.88. The highest BCUT2D eigenvalue weighted by atomic mass is 35.5. The summed E-state index contributed by atoms with van der Waals surface area (Å²) in [6.07, 6.45) is 0. The van der Waals surface area contributed by atoms with Gasteiger partial charge in [-0.1, -0.05) is 18.2 Å². The molecule has 0 aliphatic carbocycles. The lowest BCUT2D eigenvalue weighted by atomic mass is 10.2. The van der Waals surface area contributed by atoms with Crippen LogP contribution in [-0.4, -0.2) is 29.9 Å². The molecule has 0 spiro atoms. The number of nitrogens with zero attached hydrogens (tertiary/aromatic N) is 7. The smallest absolute Gasteiger partial charge is 0.240 e. The summed E-state index contributed by atoms with van der Waals surface area (Å²) in [5.41, 5.74) is 2.28. The normalized spacial score (nSPS) is 10.7. The van der Waals surface area contributed by atoms with Crippen molar-refractivity contribution in [3.05, 3.63) is 75.7 Å². The van der Waals surface area contributed by atoms with Crippen molar-refractivity contribution in [3.8, 4) is 0 Å². The first-order valence-corrected chi connectivity index (χ1v) is 9.85. The molecule has 0 unspecified atom stereocenters. The zero-order chi connectivity index (χ0) is 21.1. The van der Waals surface area contributed by atoms with Crippen LogP contribution in [0.2, 0.25) is 21.1 Å². The van der Waals surface area contributed by atoms with E-state index in [1.54, 1.807) is 4.90 Å². The van der Waals surface area contributed by atoms with Gasteiger partial charge in [0.15, 0.2) is 0 Å². The van der Waals surface area contributed by atoms with Gasteiger partial charge in [-0.05, 0) is 82.8 Å². The summed E-state index contributed by atoms with van der Waals surface area (Å²) in [4.78, 5) is 25.7. The van der Waals surface area contributed by atoms with Crippen molar-refractivity contribution in [1.82, 2.24) is 29.9 Å². The molecule has 0 amide bonds. The predicted molar refractivity (Wildman–Crippen MR) is 118 cm³/mol. The van der Waals surface area contributed by atoms with Crippen LogP contribution < -0.4 is 10.2 Å². The van der Waals surface area contributed by atoms with Crippen molar-refractivity contribution in [1.29, 1.82) is 0 Å². The maximum Gasteiger partial charge on any atom is 0.240 e. The number of hydrogen-bond donors (Lipinski definition) is 1. The summed E-state index contributed by atoms with van der Waals surface area (Å²) >= 11 is 23.6. The second kappa shape index (κ2) is 8.93. The van der Waals surface area contributed by atoms with Crippen molar-refractivity contribution >= 4 is 75.4 Å². The van der Waals surface area contributed by atoms with Crippen molar-refractivity contribution in [2.75, 3.05) is 10.2 Å². The molecule has 0 atom stereocenters. The first-order chi connectivity index (χ1) is 14.5. The number of anilines is 5. The van der Waals surface area contributed by atoms with Crippen LogP contribution in [0, 0.1) is 0 Å². The Morgan fingerprint density at radius 1 is 0.567 bits per heavy atom. The van der Waals surface area contributed by atoms with Gasteiger partial charge < -0.3 is 5.32 Å². The van der Waals surface area contributed by atoms with Gasteiger partial charge in [-0.2, -0.15) is 29.9 Å². The molecule has 1 N–H and O–H groups in total. The van der Waals surface area contributed by atoms with E-state index in [0.29, 0.717) is 5.69 Å². The Balaban J connectivity index is 1.69. The van der Waals surface area contributed by atoms with E-state index in [-0.39, 0.29) is 33.0 Å². The Hall–Kier alpha value is -2.78. The molecule has 0 fully saturated rings. The van der Waals surface area contributed by atoms with Crippen LogP contribution in [-0.2, 0) is 0 Å². The minimum Gasteiger partial charge on any atom is -0.324 e. The van der Waals surface area contributed by atoms with Crippen molar-refractivity contribution in [3.63, 3.8) is 0 Å². The number of halogens is 4. The van der Waals surface area contributed by atoms with E-state index < -0.39 is 0 Å². The zero-order valence-electron chi connectivity index (χ0n) is 14.8. The largest absolute Gasteiger partial charge is 0.324 e. The second-order valence-corrected chi connectivity index (χ2v) is 7.07. The lowest BCUT2D eigenvalue weighted by Crippen LogP contribution is -2.14. The van der Waals surface area contributed by atoms with Crippen LogP contribution in [0.15, 0.2) is 54.6 Å². The number of hydrogen-bond acceptors (Lipinski definition) is 8. The molecule has 2 heterocycles. The van der Waals surface area contributed by atoms with Crippen LogP contribution in [0.3, 0.4) is 0 Å². The minimum atomic E-state index is -0.00666. The zero-order valence-corrected chi connectivity index (χ0v) is 17.9. The van der Waals surface area contributed by atoms with Crippen LogP contribution in [0.25, 0.3) is 0 Å². The van der Waals surface area contributed by atoms with Crippen LogP contribution >= 0.6 is 46.4 Å². The Morgan fingerprint density at radius 3 is 1.63 bits per heavy atom. The highest BCUT2D eigenvalue weighted by Gasteiger charge is 2.17. The lowest BCUT2D eigenvalue weighted by molar-refractivity contribution is 1.01. The molecule has 0 radical (unpaired) electrons. The van der Waals surface area contributed by atoms with Crippen molar-refractivity contribution < 1.29 is 0 Å². The number of para-hydroxylation sites is 1. The molecule has 0 saturated heterocycles. The summed E-state index contributed by atoms with van der Waals surface area (Å²) in [5, 5.41) is 2.99. The highest BCUT2D eigenvalue weighted by Crippen LogP contribution is 2.33. The van der Waals surface area contributed by atoms with Crippen molar-refractivity contribution in [2.45, 2.75) is 0 Å². The fraction of sp³-hybridized carbons (Fsp3) is 0. The van der Waals surface area contributed by atoms with Gasteiger partial charge in [0, 0.05) is 17.1 Å². The van der Waals surface area contributed by atoms with Gasteiger partial charge in [0.2, 0.25) is 33.0 Å². The Labute approximate surface area is 190 Å². The van der Waals surface area contributed by atoms with Gasteiger partial charge >= 0.3 is 0 Å². The van der Waals surface area contributed by atoms with Gasteiger partial charge in [-0.25, -0.2) is 0 Å². The molecule has 2 aromatic carbocycles. The molecule has 2 aromatic heterocycles. The third-order valence-corrected chi connectivity index (χ3v) is 4.42. The van der Waals surface area contributed by atoms with E-state index >= 15 is 0 Å². The molecule has 0 aliphatic rings. The van der Waals surface area contributed by atoms with Crippen LogP contribution in [0.1, 0.15) is 0 Å². The van der Waals surface area contributed by atoms with Crippen molar-refractivity contribution in [2.24, 2.45) is 0 Å². The summed E-state index contributed by atoms with van der Waals surface area (Å²) in [7, 11) is 0. The molecule has 0 bridgehead atoms. The average Bonchev–Trinajstić information content (AvgIpc) is 2.69. The third-order valence-electron chi connectivity index (χ3n) is 3.75. The summed E-state index contributed by atoms with van der Waals surface area (Å²) < 4.78 is 0. The molecule has 4 aromatic rings. The standard InChI is InChI=1S/C18H10Cl4N8/c19-13-24-14(20)27-17(26-13)23-10-6-8-12(9-7-10)30(11-4-2-1-3-5-11)18-28-15(21)25-16(22)29-18/h1-9H,(H,23,24,26,27). The second-order valence-electron chi connectivity index (χ2n) is 5.71. The van der Waals surface area contributed by atoms with Gasteiger partial charge in [0.05, 0.1) is 0 Å². The van der Waals surface area contributed by atoms with E-state index in [1.807, 2.05) is 54.6 Å². The quantitative estimate of drug-likeness (QED) is 0.379. The maximum atomic E-state index is 5.99. The van der Waals surface area contributed by atoms with E-state index in [4.69, 9.17) is 46.4 Å². The van der Waals surface area contributed by atoms with Gasteiger partial charge in [-0.3, -0.25) is 4.90 Å². The highest BCUT2D eigenvalue weighted by molar-refractivity contribution is 6.31. The Kier molecular flexibility index (Phi) is 6.10. The summed E-state index contributed by atoms with van der Waals surface area (Å²) in [6.45, 7) is 0. The molecular formula is C18H10Cl4N8. The minimum absolute atomic E-state index is 0.00651. The average molecular weight is 480 g/mol. The maximum absolute atomic E-state index is 5.99. The first-order valence-electron chi connectivity index (χ1n) is 8.34. The molecule has 150 valence electrons. The van der Waals surface area contributed by atoms with Crippen LogP contribution in [0.4, 0.5) is 29.0 Å². The molecule has 12 heteroatoms. The van der Waals surface area contributed by atoms with Gasteiger partial charge in [0.25, 0.3) is 0 Å². The Bertz CT molecular complexity index is 1130. The molecule has 4 rings (SSSR count). The van der Waals surface area contributed by atoms with E-state index in [1.165, 1.54) is 0 Å². The number of benzene rings is 2. The number of aromatic nitrogens is 6. The topological polar surface area (TPSA) is 92.6 Å². The third kappa shape index (κ3) is 4.85. The monoisotopic (exact) mass is 478 g/mol. The lowest BCUT2D eigenvalue weighted by Gasteiger charge is -2.23. The van der Waals surface area contributed by atoms with Gasteiger partial charge in [0.1, 0.15) is 0 Å². The van der Waals surface area contributed by atoms with E-state index in [9.17, 15) is 0 Å². The molecule has 0 aliphatic heterocycles. The Morgan fingerprint density at radius 2 is 1.07 bits per heavy atom. The number of rotatable bonds is 5. The van der Waals surface area contributed by atoms with E-state index in [0.717, 1.165) is 11.4 Å².